The van der Waals surface area contributed by atoms with E-state index in [1.807, 2.05) is 0 Å². The smallest absolute Gasteiger partial charge is 0.255 e. The van der Waals surface area contributed by atoms with Gasteiger partial charge in [0.2, 0.25) is 0 Å². The lowest BCUT2D eigenvalue weighted by Crippen LogP contribution is -2.43. The molecule has 20 heavy (non-hydrogen) atoms. The molecule has 1 aromatic heterocycles. The van der Waals surface area contributed by atoms with Crippen LogP contribution in [0.3, 0.4) is 0 Å². The number of aromatic nitrogens is 2. The number of aryl methyl sites for hydroxylation is 1. The van der Waals surface area contributed by atoms with Gasteiger partial charge in [0, 0.05) is 25.5 Å². The van der Waals surface area contributed by atoms with Crippen molar-refractivity contribution < 1.29 is 8.42 Å². The molecule has 8 heteroatoms. The Hall–Kier alpha value is -0.300. The van der Waals surface area contributed by atoms with Crippen LogP contribution in [0.2, 0.25) is 5.02 Å². The third-order valence-corrected chi connectivity index (χ3v) is 6.31. The van der Waals surface area contributed by atoms with E-state index in [1.54, 1.807) is 7.05 Å². The summed E-state index contributed by atoms with van der Waals surface area (Å²) in [6.45, 7) is 0.302. The van der Waals surface area contributed by atoms with Gasteiger partial charge in [-0.1, -0.05) is 30.9 Å². The summed E-state index contributed by atoms with van der Waals surface area (Å²) in [5.41, 5.74) is 0. The molecule has 2 rings (SSSR count). The highest BCUT2D eigenvalue weighted by Crippen LogP contribution is 2.30. The second kappa shape index (κ2) is 6.64. The number of hydrogen-bond acceptors (Lipinski definition) is 3. The molecule has 0 amide bonds. The lowest BCUT2D eigenvalue weighted by molar-refractivity contribution is 0.261. The zero-order chi connectivity index (χ0) is 14.8. The van der Waals surface area contributed by atoms with E-state index in [-0.39, 0.29) is 22.0 Å². The Morgan fingerprint density at radius 1 is 1.40 bits per heavy atom. The Balaban J connectivity index is 2.36. The van der Waals surface area contributed by atoms with E-state index in [4.69, 9.17) is 23.2 Å². The standard InChI is InChI=1S/C12H19Cl2N3O2S/c1-16-12(11(14)9-15-16)20(18,19)17(8-7-13)10-5-3-2-4-6-10/h9-10H,2-8H2,1H3. The third-order valence-electron chi connectivity index (χ3n) is 3.68. The zero-order valence-corrected chi connectivity index (χ0v) is 13.8. The van der Waals surface area contributed by atoms with Crippen molar-refractivity contribution in [2.24, 2.45) is 7.05 Å². The topological polar surface area (TPSA) is 55.2 Å². The summed E-state index contributed by atoms with van der Waals surface area (Å²) in [4.78, 5) is 0. The largest absolute Gasteiger partial charge is 0.262 e. The van der Waals surface area contributed by atoms with Crippen molar-refractivity contribution in [3.05, 3.63) is 11.2 Å². The minimum absolute atomic E-state index is 0.0125. The summed E-state index contributed by atoms with van der Waals surface area (Å²) < 4.78 is 28.5. The second-order valence-corrected chi connectivity index (χ2v) is 7.61. The van der Waals surface area contributed by atoms with Gasteiger partial charge in [0.1, 0.15) is 0 Å². The molecule has 1 saturated carbocycles. The van der Waals surface area contributed by atoms with E-state index >= 15 is 0 Å². The molecule has 1 heterocycles. The molecule has 0 spiro atoms. The first-order chi connectivity index (χ1) is 9.48. The fraction of sp³-hybridized carbons (Fsp3) is 0.750. The van der Waals surface area contributed by atoms with Crippen LogP contribution in [-0.2, 0) is 17.1 Å². The SMILES string of the molecule is Cn1ncc(Cl)c1S(=O)(=O)N(CCCl)C1CCCCC1. The molecule has 1 aliphatic rings. The van der Waals surface area contributed by atoms with E-state index in [9.17, 15) is 8.42 Å². The monoisotopic (exact) mass is 339 g/mol. The number of rotatable bonds is 5. The van der Waals surface area contributed by atoms with Crippen molar-refractivity contribution in [1.82, 2.24) is 14.1 Å². The van der Waals surface area contributed by atoms with Crippen molar-refractivity contribution in [3.63, 3.8) is 0 Å². The molecule has 0 radical (unpaired) electrons. The predicted octanol–water partition coefficient (Wildman–Crippen LogP) is 2.64. The van der Waals surface area contributed by atoms with Gasteiger partial charge in [-0.3, -0.25) is 4.68 Å². The van der Waals surface area contributed by atoms with Crippen LogP contribution in [0.1, 0.15) is 32.1 Å². The maximum absolute atomic E-state index is 12.8. The van der Waals surface area contributed by atoms with Gasteiger partial charge < -0.3 is 0 Å². The van der Waals surface area contributed by atoms with Crippen molar-refractivity contribution in [1.29, 1.82) is 0 Å². The molecule has 0 unspecified atom stereocenters. The highest BCUT2D eigenvalue weighted by Gasteiger charge is 2.35. The zero-order valence-electron chi connectivity index (χ0n) is 11.4. The summed E-state index contributed by atoms with van der Waals surface area (Å²) in [5, 5.41) is 4.12. The number of nitrogens with zero attached hydrogens (tertiary/aromatic N) is 3. The molecule has 5 nitrogen and oxygen atoms in total. The summed E-state index contributed by atoms with van der Waals surface area (Å²) in [5.74, 6) is 0.269. The van der Waals surface area contributed by atoms with E-state index < -0.39 is 10.0 Å². The number of alkyl halides is 1. The van der Waals surface area contributed by atoms with Gasteiger partial charge in [-0.05, 0) is 12.8 Å². The van der Waals surface area contributed by atoms with Crippen LogP contribution >= 0.6 is 23.2 Å². The second-order valence-electron chi connectivity index (χ2n) is 5.02. The van der Waals surface area contributed by atoms with Gasteiger partial charge in [-0.25, -0.2) is 8.42 Å². The first-order valence-electron chi connectivity index (χ1n) is 6.73. The molecule has 0 aliphatic heterocycles. The molecule has 1 aliphatic carbocycles. The van der Waals surface area contributed by atoms with Crippen LogP contribution < -0.4 is 0 Å². The normalized spacial score (nSPS) is 17.8. The lowest BCUT2D eigenvalue weighted by atomic mass is 9.95. The molecule has 1 fully saturated rings. The van der Waals surface area contributed by atoms with Gasteiger partial charge in [-0.15, -0.1) is 11.6 Å². The molecule has 0 atom stereocenters. The van der Waals surface area contributed by atoms with Gasteiger partial charge in [-0.2, -0.15) is 9.40 Å². The van der Waals surface area contributed by atoms with Crippen molar-refractivity contribution in [2.75, 3.05) is 12.4 Å². The van der Waals surface area contributed by atoms with Crippen molar-refractivity contribution >= 4 is 33.2 Å². The van der Waals surface area contributed by atoms with Crippen LogP contribution in [0.15, 0.2) is 11.2 Å². The van der Waals surface area contributed by atoms with Crippen LogP contribution in [0, 0.1) is 0 Å². The molecular weight excluding hydrogens is 321 g/mol. The maximum atomic E-state index is 12.8. The highest BCUT2D eigenvalue weighted by molar-refractivity contribution is 7.89. The Morgan fingerprint density at radius 2 is 2.05 bits per heavy atom. The molecule has 0 aromatic carbocycles. The van der Waals surface area contributed by atoms with Crippen LogP contribution in [0.25, 0.3) is 0 Å². The van der Waals surface area contributed by atoms with Crippen molar-refractivity contribution in [2.45, 2.75) is 43.2 Å². The molecule has 0 bridgehead atoms. The van der Waals surface area contributed by atoms with Crippen molar-refractivity contribution in [3.8, 4) is 0 Å². The first kappa shape index (κ1) is 16.1. The Labute approximate surface area is 129 Å². The Kier molecular flexibility index (Phi) is 5.34. The predicted molar refractivity (Wildman–Crippen MR) is 79.7 cm³/mol. The fourth-order valence-corrected chi connectivity index (χ4v) is 5.33. The summed E-state index contributed by atoms with van der Waals surface area (Å²) in [6.07, 6.45) is 6.39. The van der Waals surface area contributed by atoms with Gasteiger partial charge in [0.25, 0.3) is 10.0 Å². The minimum atomic E-state index is -3.66. The summed E-state index contributed by atoms with van der Waals surface area (Å²) >= 11 is 11.8. The third kappa shape index (κ3) is 3.13. The minimum Gasteiger partial charge on any atom is -0.255 e. The lowest BCUT2D eigenvalue weighted by Gasteiger charge is -2.32. The highest BCUT2D eigenvalue weighted by atomic mass is 35.5. The van der Waals surface area contributed by atoms with Crippen LogP contribution in [-0.4, -0.2) is 41.0 Å². The molecule has 1 aromatic rings. The molecular formula is C12H19Cl2N3O2S. The average Bonchev–Trinajstić information content (AvgIpc) is 2.77. The average molecular weight is 340 g/mol. The Morgan fingerprint density at radius 3 is 2.55 bits per heavy atom. The van der Waals surface area contributed by atoms with E-state index in [2.05, 4.69) is 5.10 Å². The maximum Gasteiger partial charge on any atom is 0.262 e. The number of sulfonamides is 1. The number of halogens is 2. The van der Waals surface area contributed by atoms with E-state index in [1.165, 1.54) is 15.2 Å². The van der Waals surface area contributed by atoms with Gasteiger partial charge >= 0.3 is 0 Å². The molecule has 0 N–H and O–H groups in total. The molecule has 114 valence electrons. The first-order valence-corrected chi connectivity index (χ1v) is 9.09. The van der Waals surface area contributed by atoms with Crippen LogP contribution in [0.4, 0.5) is 0 Å². The van der Waals surface area contributed by atoms with Gasteiger partial charge in [0.05, 0.1) is 11.2 Å². The molecule has 0 saturated heterocycles. The van der Waals surface area contributed by atoms with E-state index in [0.29, 0.717) is 6.54 Å². The Bertz CT molecular complexity index is 534. The summed E-state index contributed by atoms with van der Waals surface area (Å²) in [7, 11) is -2.08. The van der Waals surface area contributed by atoms with Gasteiger partial charge in [0.15, 0.2) is 5.03 Å². The summed E-state index contributed by atoms with van der Waals surface area (Å²) in [6, 6.07) is 0.0125. The van der Waals surface area contributed by atoms with Crippen LogP contribution in [0.5, 0.6) is 0 Å². The fourth-order valence-electron chi connectivity index (χ4n) is 2.75. The van der Waals surface area contributed by atoms with E-state index in [0.717, 1.165) is 32.1 Å². The number of hydrogen-bond donors (Lipinski definition) is 0. The quantitative estimate of drug-likeness (QED) is 0.775.